The Morgan fingerprint density at radius 1 is 0.895 bits per heavy atom. The number of pyridine rings is 1. The monoisotopic (exact) mass is 247 g/mol. The molecule has 0 spiro atoms. The van der Waals surface area contributed by atoms with Crippen molar-refractivity contribution in [2.45, 2.75) is 5.92 Å². The molecule has 2 heteroatoms. The van der Waals surface area contributed by atoms with E-state index in [0.29, 0.717) is 0 Å². The van der Waals surface area contributed by atoms with E-state index in [0.717, 1.165) is 28.2 Å². The predicted octanol–water partition coefficient (Wildman–Crippen LogP) is 3.57. The van der Waals surface area contributed by atoms with Crippen molar-refractivity contribution in [1.82, 2.24) is 4.98 Å². The van der Waals surface area contributed by atoms with Gasteiger partial charge in [-0.15, -0.1) is 0 Å². The second-order valence-corrected chi connectivity index (χ2v) is 4.51. The van der Waals surface area contributed by atoms with E-state index in [-0.39, 0.29) is 5.92 Å². The molecule has 2 nitrogen and oxygen atoms in total. The number of carbonyl (C=O) groups is 1. The van der Waals surface area contributed by atoms with Gasteiger partial charge in [0.25, 0.3) is 0 Å². The highest BCUT2D eigenvalue weighted by Gasteiger charge is 2.12. The Morgan fingerprint density at radius 2 is 1.74 bits per heavy atom. The van der Waals surface area contributed by atoms with E-state index in [2.05, 4.69) is 11.1 Å². The van der Waals surface area contributed by atoms with Gasteiger partial charge in [-0.2, -0.15) is 0 Å². The van der Waals surface area contributed by atoms with Gasteiger partial charge in [-0.25, -0.2) is 0 Å². The molecule has 0 aliphatic heterocycles. The number of hydrogen-bond donors (Lipinski definition) is 0. The summed E-state index contributed by atoms with van der Waals surface area (Å²) in [6.45, 7) is 0. The quantitative estimate of drug-likeness (QED) is 0.662. The summed E-state index contributed by atoms with van der Waals surface area (Å²) in [4.78, 5) is 15.5. The van der Waals surface area contributed by atoms with Crippen LogP contribution in [0.5, 0.6) is 0 Å². The number of hydrogen-bond acceptors (Lipinski definition) is 2. The number of aromatic nitrogens is 1. The number of benzene rings is 2. The standard InChI is InChI=1S/C17H13NO/c19-12-17(13-4-2-1-3-5-13)15-6-7-16-11-18-9-8-14(16)10-15/h1-12,17H. The minimum atomic E-state index is -0.209. The highest BCUT2D eigenvalue weighted by atomic mass is 16.1. The molecule has 1 aromatic heterocycles. The van der Waals surface area contributed by atoms with Gasteiger partial charge >= 0.3 is 0 Å². The Bertz CT molecular complexity index is 707. The molecule has 1 atom stereocenters. The van der Waals surface area contributed by atoms with Crippen molar-refractivity contribution in [2.24, 2.45) is 0 Å². The van der Waals surface area contributed by atoms with Crippen LogP contribution in [0.15, 0.2) is 67.0 Å². The zero-order valence-corrected chi connectivity index (χ0v) is 10.4. The number of aldehydes is 1. The van der Waals surface area contributed by atoms with Crippen molar-refractivity contribution >= 4 is 17.1 Å². The average molecular weight is 247 g/mol. The molecule has 0 aliphatic rings. The Kier molecular flexibility index (Phi) is 3.07. The van der Waals surface area contributed by atoms with E-state index in [1.807, 2.05) is 54.7 Å². The lowest BCUT2D eigenvalue weighted by atomic mass is 9.91. The molecule has 0 bridgehead atoms. The van der Waals surface area contributed by atoms with Crippen molar-refractivity contribution in [1.29, 1.82) is 0 Å². The Morgan fingerprint density at radius 3 is 2.53 bits per heavy atom. The van der Waals surface area contributed by atoms with Crippen molar-refractivity contribution < 1.29 is 4.79 Å². The van der Waals surface area contributed by atoms with Gasteiger partial charge < -0.3 is 4.79 Å². The van der Waals surface area contributed by atoms with E-state index < -0.39 is 0 Å². The van der Waals surface area contributed by atoms with Crippen LogP contribution in [0.25, 0.3) is 10.8 Å². The molecule has 0 amide bonds. The lowest BCUT2D eigenvalue weighted by Gasteiger charge is -2.12. The number of nitrogens with zero attached hydrogens (tertiary/aromatic N) is 1. The first kappa shape index (κ1) is 11.6. The molecule has 1 heterocycles. The second-order valence-electron chi connectivity index (χ2n) is 4.51. The largest absolute Gasteiger partial charge is 0.302 e. The summed E-state index contributed by atoms with van der Waals surface area (Å²) in [5.41, 5.74) is 2.03. The van der Waals surface area contributed by atoms with Gasteiger partial charge in [-0.05, 0) is 28.6 Å². The van der Waals surface area contributed by atoms with Gasteiger partial charge in [0, 0.05) is 17.8 Å². The first-order chi connectivity index (χ1) is 9.38. The van der Waals surface area contributed by atoms with E-state index in [9.17, 15) is 4.79 Å². The molecular weight excluding hydrogens is 234 g/mol. The molecule has 92 valence electrons. The van der Waals surface area contributed by atoms with Crippen LogP contribution in [0, 0.1) is 0 Å². The summed E-state index contributed by atoms with van der Waals surface area (Å²) in [7, 11) is 0. The smallest absolute Gasteiger partial charge is 0.131 e. The summed E-state index contributed by atoms with van der Waals surface area (Å²) >= 11 is 0. The molecule has 0 saturated heterocycles. The lowest BCUT2D eigenvalue weighted by Crippen LogP contribution is -2.02. The molecule has 0 radical (unpaired) electrons. The maximum atomic E-state index is 11.4. The molecule has 3 aromatic rings. The van der Waals surface area contributed by atoms with E-state index >= 15 is 0 Å². The van der Waals surface area contributed by atoms with Crippen LogP contribution >= 0.6 is 0 Å². The molecule has 0 fully saturated rings. The first-order valence-electron chi connectivity index (χ1n) is 6.22. The summed E-state index contributed by atoms with van der Waals surface area (Å²) in [5.74, 6) is -0.209. The fourth-order valence-electron chi connectivity index (χ4n) is 2.31. The average Bonchev–Trinajstić information content (AvgIpc) is 2.49. The summed E-state index contributed by atoms with van der Waals surface area (Å²) in [6, 6.07) is 17.9. The van der Waals surface area contributed by atoms with Gasteiger partial charge in [-0.1, -0.05) is 42.5 Å². The molecule has 0 saturated carbocycles. The number of rotatable bonds is 3. The third kappa shape index (κ3) is 2.25. The van der Waals surface area contributed by atoms with E-state index in [4.69, 9.17) is 0 Å². The summed E-state index contributed by atoms with van der Waals surface area (Å²) in [5, 5.41) is 2.19. The minimum Gasteiger partial charge on any atom is -0.302 e. The lowest BCUT2D eigenvalue weighted by molar-refractivity contribution is -0.108. The maximum Gasteiger partial charge on any atom is 0.131 e. The second kappa shape index (κ2) is 5.02. The Labute approximate surface area is 111 Å². The third-order valence-electron chi connectivity index (χ3n) is 3.32. The first-order valence-corrected chi connectivity index (χ1v) is 6.22. The predicted molar refractivity (Wildman–Crippen MR) is 76.1 cm³/mol. The van der Waals surface area contributed by atoms with E-state index in [1.54, 1.807) is 6.20 Å². The summed E-state index contributed by atoms with van der Waals surface area (Å²) in [6.07, 6.45) is 4.60. The van der Waals surface area contributed by atoms with Crippen molar-refractivity contribution in [3.05, 3.63) is 78.1 Å². The highest BCUT2D eigenvalue weighted by molar-refractivity contribution is 5.83. The van der Waals surface area contributed by atoms with Gasteiger partial charge in [0.15, 0.2) is 0 Å². The van der Waals surface area contributed by atoms with Gasteiger partial charge in [0.05, 0.1) is 5.92 Å². The van der Waals surface area contributed by atoms with Crippen LogP contribution in [0.4, 0.5) is 0 Å². The molecule has 1 unspecified atom stereocenters. The normalized spacial score (nSPS) is 12.2. The fraction of sp³-hybridized carbons (Fsp3) is 0.0588. The third-order valence-corrected chi connectivity index (χ3v) is 3.32. The molecule has 3 rings (SSSR count). The Balaban J connectivity index is 2.09. The van der Waals surface area contributed by atoms with Crippen LogP contribution in [0.3, 0.4) is 0 Å². The zero-order chi connectivity index (χ0) is 13.1. The maximum absolute atomic E-state index is 11.4. The van der Waals surface area contributed by atoms with Crippen molar-refractivity contribution in [3.8, 4) is 0 Å². The SMILES string of the molecule is O=CC(c1ccccc1)c1ccc2cnccc2c1. The van der Waals surface area contributed by atoms with E-state index in [1.165, 1.54) is 0 Å². The van der Waals surface area contributed by atoms with Crippen molar-refractivity contribution in [3.63, 3.8) is 0 Å². The molecule has 2 aromatic carbocycles. The minimum absolute atomic E-state index is 0.209. The fourth-order valence-corrected chi connectivity index (χ4v) is 2.31. The number of fused-ring (bicyclic) bond motifs is 1. The molecule has 0 N–H and O–H groups in total. The van der Waals surface area contributed by atoms with Crippen LogP contribution in [0.1, 0.15) is 17.0 Å². The van der Waals surface area contributed by atoms with Crippen LogP contribution in [-0.4, -0.2) is 11.3 Å². The van der Waals surface area contributed by atoms with Crippen LogP contribution in [-0.2, 0) is 4.79 Å². The molecule has 19 heavy (non-hydrogen) atoms. The zero-order valence-electron chi connectivity index (χ0n) is 10.4. The number of carbonyl (C=O) groups excluding carboxylic acids is 1. The van der Waals surface area contributed by atoms with Gasteiger partial charge in [0.2, 0.25) is 0 Å². The van der Waals surface area contributed by atoms with Gasteiger partial charge in [-0.3, -0.25) is 4.98 Å². The van der Waals surface area contributed by atoms with Crippen LogP contribution in [0.2, 0.25) is 0 Å². The topological polar surface area (TPSA) is 30.0 Å². The molecule has 0 aliphatic carbocycles. The summed E-state index contributed by atoms with van der Waals surface area (Å²) < 4.78 is 0. The highest BCUT2D eigenvalue weighted by Crippen LogP contribution is 2.25. The van der Waals surface area contributed by atoms with Gasteiger partial charge in [0.1, 0.15) is 6.29 Å². The van der Waals surface area contributed by atoms with Crippen LogP contribution < -0.4 is 0 Å². The Hall–Kier alpha value is -2.48. The molecular formula is C17H13NO. The van der Waals surface area contributed by atoms with Crippen molar-refractivity contribution in [2.75, 3.05) is 0 Å².